The van der Waals surface area contributed by atoms with Gasteiger partial charge in [0.1, 0.15) is 0 Å². The van der Waals surface area contributed by atoms with Gasteiger partial charge in [-0.1, -0.05) is 28.9 Å². The summed E-state index contributed by atoms with van der Waals surface area (Å²) in [4.78, 5) is 12.3. The van der Waals surface area contributed by atoms with Gasteiger partial charge in [-0.05, 0) is 37.6 Å². The van der Waals surface area contributed by atoms with Crippen LogP contribution in [0.3, 0.4) is 0 Å². The first-order chi connectivity index (χ1) is 9.17. The fourth-order valence-corrected chi connectivity index (χ4v) is 2.91. The lowest BCUT2D eigenvalue weighted by Crippen LogP contribution is -2.14. The average molecular weight is 346 g/mol. The Morgan fingerprint density at radius 2 is 2.21 bits per heavy atom. The molecule has 0 saturated heterocycles. The van der Waals surface area contributed by atoms with E-state index in [1.807, 2.05) is 19.1 Å². The summed E-state index contributed by atoms with van der Waals surface area (Å²) in [6.07, 6.45) is 1.13. The van der Waals surface area contributed by atoms with Crippen LogP contribution in [0.2, 0.25) is 0 Å². The number of carbonyl (C=O) groups excluding carboxylic acids is 1. The number of hydrogen-bond donors (Lipinski definition) is 1. The SMILES string of the molecule is CCCNCc1ccc(SCC(=O)OCC)cc1Br. The molecule has 0 bridgehead atoms. The number of esters is 1. The Bertz CT molecular complexity index is 412. The highest BCUT2D eigenvalue weighted by atomic mass is 79.9. The number of carbonyl (C=O) groups is 1. The number of nitrogens with one attached hydrogen (secondary N) is 1. The van der Waals surface area contributed by atoms with Crippen molar-refractivity contribution in [2.24, 2.45) is 0 Å². The first-order valence-electron chi connectivity index (χ1n) is 6.45. The second-order valence-electron chi connectivity index (χ2n) is 4.02. The highest BCUT2D eigenvalue weighted by molar-refractivity contribution is 9.10. The maximum absolute atomic E-state index is 11.3. The van der Waals surface area contributed by atoms with E-state index in [0.29, 0.717) is 12.4 Å². The van der Waals surface area contributed by atoms with Crippen molar-refractivity contribution >= 4 is 33.7 Å². The minimum absolute atomic E-state index is 0.169. The van der Waals surface area contributed by atoms with Crippen LogP contribution in [0.4, 0.5) is 0 Å². The van der Waals surface area contributed by atoms with Crippen LogP contribution >= 0.6 is 27.7 Å². The standard InChI is InChI=1S/C14H20BrNO2S/c1-3-7-16-9-11-5-6-12(8-13(11)15)19-10-14(17)18-4-2/h5-6,8,16H,3-4,7,9-10H2,1-2H3. The summed E-state index contributed by atoms with van der Waals surface area (Å²) in [7, 11) is 0. The summed E-state index contributed by atoms with van der Waals surface area (Å²) in [5.74, 6) is 0.186. The predicted molar refractivity (Wildman–Crippen MR) is 83.5 cm³/mol. The van der Waals surface area contributed by atoms with E-state index in [4.69, 9.17) is 4.74 Å². The molecular weight excluding hydrogens is 326 g/mol. The predicted octanol–water partition coefficient (Wildman–Crippen LogP) is 3.60. The van der Waals surface area contributed by atoms with Crippen molar-refractivity contribution in [1.82, 2.24) is 5.32 Å². The van der Waals surface area contributed by atoms with Crippen LogP contribution in [0.1, 0.15) is 25.8 Å². The molecule has 1 aromatic rings. The van der Waals surface area contributed by atoms with Crippen LogP contribution in [0, 0.1) is 0 Å². The molecule has 0 amide bonds. The summed E-state index contributed by atoms with van der Waals surface area (Å²) in [5, 5.41) is 3.37. The summed E-state index contributed by atoms with van der Waals surface area (Å²) < 4.78 is 5.98. The minimum atomic E-state index is -0.169. The molecule has 1 rings (SSSR count). The summed E-state index contributed by atoms with van der Waals surface area (Å²) in [6.45, 7) is 6.28. The second-order valence-corrected chi connectivity index (χ2v) is 5.93. The van der Waals surface area contributed by atoms with Crippen molar-refractivity contribution < 1.29 is 9.53 Å². The first-order valence-corrected chi connectivity index (χ1v) is 8.22. The zero-order valence-corrected chi connectivity index (χ0v) is 13.8. The number of rotatable bonds is 8. The normalized spacial score (nSPS) is 10.5. The highest BCUT2D eigenvalue weighted by Crippen LogP contribution is 2.25. The maximum Gasteiger partial charge on any atom is 0.316 e. The number of thioether (sulfide) groups is 1. The van der Waals surface area contributed by atoms with Crippen molar-refractivity contribution in [3.8, 4) is 0 Å². The van der Waals surface area contributed by atoms with Crippen LogP contribution in [-0.2, 0) is 16.1 Å². The van der Waals surface area contributed by atoms with Crippen LogP contribution < -0.4 is 5.32 Å². The summed E-state index contributed by atoms with van der Waals surface area (Å²) in [6, 6.07) is 6.17. The van der Waals surface area contributed by atoms with E-state index in [1.165, 1.54) is 17.3 Å². The van der Waals surface area contributed by atoms with Crippen molar-refractivity contribution in [3.63, 3.8) is 0 Å². The molecule has 0 fully saturated rings. The van der Waals surface area contributed by atoms with Gasteiger partial charge in [0.25, 0.3) is 0 Å². The third-order valence-electron chi connectivity index (χ3n) is 2.43. The Morgan fingerprint density at radius 3 is 2.84 bits per heavy atom. The van der Waals surface area contributed by atoms with Crippen molar-refractivity contribution in [3.05, 3.63) is 28.2 Å². The van der Waals surface area contributed by atoms with E-state index in [0.717, 1.165) is 28.9 Å². The van der Waals surface area contributed by atoms with E-state index < -0.39 is 0 Å². The molecule has 0 heterocycles. The van der Waals surface area contributed by atoms with Crippen LogP contribution in [0.5, 0.6) is 0 Å². The van der Waals surface area contributed by atoms with Gasteiger partial charge in [0.15, 0.2) is 0 Å². The van der Waals surface area contributed by atoms with Gasteiger partial charge in [-0.2, -0.15) is 0 Å². The monoisotopic (exact) mass is 345 g/mol. The van der Waals surface area contributed by atoms with E-state index in [9.17, 15) is 4.79 Å². The Hall–Kier alpha value is -0.520. The fourth-order valence-electron chi connectivity index (χ4n) is 1.51. The molecular formula is C14H20BrNO2S. The molecule has 1 N–H and O–H groups in total. The van der Waals surface area contributed by atoms with Crippen molar-refractivity contribution in [2.75, 3.05) is 18.9 Å². The van der Waals surface area contributed by atoms with E-state index in [-0.39, 0.29) is 5.97 Å². The zero-order valence-electron chi connectivity index (χ0n) is 11.4. The van der Waals surface area contributed by atoms with Crippen molar-refractivity contribution in [2.45, 2.75) is 31.7 Å². The van der Waals surface area contributed by atoms with Gasteiger partial charge in [-0.25, -0.2) is 0 Å². The van der Waals surface area contributed by atoms with Crippen molar-refractivity contribution in [1.29, 1.82) is 0 Å². The fraction of sp³-hybridized carbons (Fsp3) is 0.500. The van der Waals surface area contributed by atoms with E-state index in [1.54, 1.807) is 0 Å². The molecule has 0 aliphatic heterocycles. The molecule has 106 valence electrons. The molecule has 0 unspecified atom stereocenters. The van der Waals surface area contributed by atoms with E-state index >= 15 is 0 Å². The molecule has 1 aromatic carbocycles. The molecule has 0 aliphatic carbocycles. The smallest absolute Gasteiger partial charge is 0.316 e. The van der Waals surface area contributed by atoms with Gasteiger partial charge in [-0.15, -0.1) is 11.8 Å². The van der Waals surface area contributed by atoms with Crippen LogP contribution in [0.15, 0.2) is 27.6 Å². The molecule has 3 nitrogen and oxygen atoms in total. The lowest BCUT2D eigenvalue weighted by molar-refractivity contribution is -0.139. The third-order valence-corrected chi connectivity index (χ3v) is 4.13. The molecule has 0 spiro atoms. The maximum atomic E-state index is 11.3. The van der Waals surface area contributed by atoms with Gasteiger partial charge in [0.05, 0.1) is 12.4 Å². The Balaban J connectivity index is 2.49. The highest BCUT2D eigenvalue weighted by Gasteiger charge is 2.05. The van der Waals surface area contributed by atoms with Gasteiger partial charge in [0.2, 0.25) is 0 Å². The van der Waals surface area contributed by atoms with E-state index in [2.05, 4.69) is 34.2 Å². The molecule has 5 heteroatoms. The summed E-state index contributed by atoms with van der Waals surface area (Å²) in [5.41, 5.74) is 1.23. The Kier molecular flexibility index (Phi) is 8.18. The van der Waals surface area contributed by atoms with Gasteiger partial charge in [0, 0.05) is 15.9 Å². The molecule has 0 aliphatic rings. The van der Waals surface area contributed by atoms with Gasteiger partial charge < -0.3 is 10.1 Å². The minimum Gasteiger partial charge on any atom is -0.465 e. The van der Waals surface area contributed by atoms with Gasteiger partial charge >= 0.3 is 5.97 Å². The molecule has 19 heavy (non-hydrogen) atoms. The molecule has 0 aromatic heterocycles. The molecule has 0 atom stereocenters. The lowest BCUT2D eigenvalue weighted by atomic mass is 10.2. The number of ether oxygens (including phenoxy) is 1. The first kappa shape index (κ1) is 16.5. The molecule has 0 saturated carbocycles. The quantitative estimate of drug-likeness (QED) is 0.443. The third kappa shape index (κ3) is 6.45. The average Bonchev–Trinajstić information content (AvgIpc) is 2.39. The summed E-state index contributed by atoms with van der Waals surface area (Å²) >= 11 is 5.06. The Labute approximate surface area is 127 Å². The Morgan fingerprint density at radius 1 is 1.42 bits per heavy atom. The number of benzene rings is 1. The van der Waals surface area contributed by atoms with Crippen LogP contribution in [-0.4, -0.2) is 24.9 Å². The second kappa shape index (κ2) is 9.39. The largest absolute Gasteiger partial charge is 0.465 e. The zero-order chi connectivity index (χ0) is 14.1. The van der Waals surface area contributed by atoms with Crippen LogP contribution in [0.25, 0.3) is 0 Å². The number of halogens is 1. The molecule has 0 radical (unpaired) electrons. The van der Waals surface area contributed by atoms with Gasteiger partial charge in [-0.3, -0.25) is 4.79 Å². The number of hydrogen-bond acceptors (Lipinski definition) is 4. The topological polar surface area (TPSA) is 38.3 Å². The lowest BCUT2D eigenvalue weighted by Gasteiger charge is -2.08.